The van der Waals surface area contributed by atoms with E-state index >= 15 is 0 Å². The van der Waals surface area contributed by atoms with Gasteiger partial charge in [0.1, 0.15) is 4.83 Å². The minimum atomic E-state index is -0.236. The number of H-pyrrole nitrogens is 1. The van der Waals surface area contributed by atoms with Gasteiger partial charge in [-0.05, 0) is 25.1 Å². The van der Waals surface area contributed by atoms with Gasteiger partial charge in [-0.2, -0.15) is 5.10 Å². The van der Waals surface area contributed by atoms with Gasteiger partial charge < -0.3 is 10.6 Å². The molecule has 22 heavy (non-hydrogen) atoms. The Morgan fingerprint density at radius 1 is 1.23 bits per heavy atom. The number of nitrogens with zero attached hydrogens (tertiary/aromatic N) is 1. The number of nitrogens with one attached hydrogen (secondary N) is 3. The van der Waals surface area contributed by atoms with Crippen LogP contribution in [0.5, 0.6) is 0 Å². The Morgan fingerprint density at radius 2 is 2.00 bits per heavy atom. The molecule has 2 heterocycles. The lowest BCUT2D eigenvalue weighted by Crippen LogP contribution is -2.21. The molecule has 3 aromatic rings. The smallest absolute Gasteiger partial charge is 0.261 e. The fourth-order valence-corrected chi connectivity index (χ4v) is 2.96. The van der Waals surface area contributed by atoms with Crippen LogP contribution in [-0.2, 0) is 0 Å². The van der Waals surface area contributed by atoms with Crippen LogP contribution in [0.4, 0.5) is 5.82 Å². The zero-order valence-electron chi connectivity index (χ0n) is 11.8. The predicted octanol–water partition coefficient (Wildman–Crippen LogP) is 2.63. The summed E-state index contributed by atoms with van der Waals surface area (Å²) in [5.74, 6) is 0.0628. The normalized spacial score (nSPS) is 10.6. The first-order valence-electron chi connectivity index (χ1n) is 6.81. The van der Waals surface area contributed by atoms with E-state index in [0.717, 1.165) is 10.2 Å². The highest BCUT2D eigenvalue weighted by Gasteiger charge is 2.16. The lowest BCUT2D eigenvalue weighted by molar-refractivity contribution is 0.0959. The number of benzene rings is 1. The molecular formula is C15H14N4O2S. The largest absolute Gasteiger partial charge is 0.352 e. The van der Waals surface area contributed by atoms with Crippen LogP contribution >= 0.6 is 11.3 Å². The number of anilines is 1. The highest BCUT2D eigenvalue weighted by atomic mass is 32.1. The summed E-state index contributed by atoms with van der Waals surface area (Å²) in [6.45, 7) is 2.44. The van der Waals surface area contributed by atoms with E-state index < -0.39 is 0 Å². The molecule has 3 N–H and O–H groups in total. The average Bonchev–Trinajstić information content (AvgIpc) is 3.10. The molecule has 0 bridgehead atoms. The van der Waals surface area contributed by atoms with Crippen LogP contribution in [0.25, 0.3) is 10.2 Å². The Labute approximate surface area is 130 Å². The number of carbonyl (C=O) groups is 2. The number of hydrogen-bond donors (Lipinski definition) is 3. The van der Waals surface area contributed by atoms with Crippen molar-refractivity contribution < 1.29 is 9.59 Å². The molecular weight excluding hydrogens is 300 g/mol. The first-order valence-corrected chi connectivity index (χ1v) is 7.63. The molecule has 0 aliphatic heterocycles. The predicted molar refractivity (Wildman–Crippen MR) is 86.4 cm³/mol. The van der Waals surface area contributed by atoms with E-state index in [1.165, 1.54) is 11.3 Å². The van der Waals surface area contributed by atoms with Gasteiger partial charge in [0.25, 0.3) is 11.8 Å². The number of thiophene rings is 1. The molecule has 2 aromatic heterocycles. The Balaban J connectivity index is 1.85. The molecule has 112 valence electrons. The molecule has 0 fully saturated rings. The molecule has 2 amide bonds. The van der Waals surface area contributed by atoms with Gasteiger partial charge in [0.15, 0.2) is 5.82 Å². The van der Waals surface area contributed by atoms with Crippen LogP contribution in [-0.4, -0.2) is 28.6 Å². The number of aromatic amines is 1. The van der Waals surface area contributed by atoms with Gasteiger partial charge in [-0.25, -0.2) is 0 Å². The van der Waals surface area contributed by atoms with Crippen LogP contribution in [0.1, 0.15) is 27.0 Å². The zero-order valence-corrected chi connectivity index (χ0v) is 12.7. The van der Waals surface area contributed by atoms with E-state index in [9.17, 15) is 9.59 Å². The second kappa shape index (κ2) is 5.98. The minimum Gasteiger partial charge on any atom is -0.352 e. The van der Waals surface area contributed by atoms with Crippen molar-refractivity contribution >= 4 is 39.2 Å². The third-order valence-corrected chi connectivity index (χ3v) is 4.12. The topological polar surface area (TPSA) is 86.9 Å². The summed E-state index contributed by atoms with van der Waals surface area (Å²) in [5.41, 5.74) is 0.554. The number of hydrogen-bond acceptors (Lipinski definition) is 4. The third-order valence-electron chi connectivity index (χ3n) is 3.09. The van der Waals surface area contributed by atoms with Gasteiger partial charge >= 0.3 is 0 Å². The zero-order chi connectivity index (χ0) is 15.5. The summed E-state index contributed by atoms with van der Waals surface area (Å²) in [4.78, 5) is 25.3. The Hall–Kier alpha value is -2.67. The number of aromatic nitrogens is 2. The molecule has 0 atom stereocenters. The molecule has 0 radical (unpaired) electrons. The fourth-order valence-electron chi connectivity index (χ4n) is 2.04. The molecule has 1 aromatic carbocycles. The van der Waals surface area contributed by atoms with Crippen molar-refractivity contribution in [3.8, 4) is 0 Å². The third kappa shape index (κ3) is 2.71. The molecule has 7 heteroatoms. The molecule has 0 aliphatic rings. The quantitative estimate of drug-likeness (QED) is 0.692. The maximum atomic E-state index is 12.2. The maximum absolute atomic E-state index is 12.2. The Bertz CT molecular complexity index is 823. The van der Waals surface area contributed by atoms with Crippen molar-refractivity contribution in [1.29, 1.82) is 0 Å². The molecule has 0 saturated heterocycles. The number of fused-ring (bicyclic) bond motifs is 1. The summed E-state index contributed by atoms with van der Waals surface area (Å²) in [7, 11) is 0. The minimum absolute atomic E-state index is 0.127. The van der Waals surface area contributed by atoms with Gasteiger partial charge in [0.2, 0.25) is 0 Å². The average molecular weight is 314 g/mol. The van der Waals surface area contributed by atoms with Gasteiger partial charge in [-0.1, -0.05) is 18.2 Å². The molecule has 6 nitrogen and oxygen atoms in total. The number of carbonyl (C=O) groups excluding carboxylic acids is 2. The van der Waals surface area contributed by atoms with Crippen molar-refractivity contribution in [2.24, 2.45) is 0 Å². The lowest BCUT2D eigenvalue weighted by Gasteiger charge is -2.01. The van der Waals surface area contributed by atoms with E-state index in [-0.39, 0.29) is 11.8 Å². The standard InChI is InChI=1S/C15H14N4O2S/c1-2-16-14(21)11-8-10-12(18-19-15(10)22-11)17-13(20)9-6-4-3-5-7-9/h3-8H,2H2,1H3,(H,16,21)(H2,17,18,19,20). The summed E-state index contributed by atoms with van der Waals surface area (Å²) in [5, 5.41) is 13.2. The molecule has 3 rings (SSSR count). The van der Waals surface area contributed by atoms with E-state index in [0.29, 0.717) is 22.8 Å². The monoisotopic (exact) mass is 314 g/mol. The SMILES string of the molecule is CCNC(=O)c1cc2c(NC(=O)c3ccccc3)n[nH]c2s1. The number of amides is 2. The molecule has 0 unspecified atom stereocenters. The van der Waals surface area contributed by atoms with E-state index in [4.69, 9.17) is 0 Å². The Kier molecular flexibility index (Phi) is 3.88. The van der Waals surface area contributed by atoms with Gasteiger partial charge in [-0.15, -0.1) is 11.3 Å². The van der Waals surface area contributed by atoms with Gasteiger partial charge in [-0.3, -0.25) is 14.7 Å². The lowest BCUT2D eigenvalue weighted by atomic mass is 10.2. The first kappa shape index (κ1) is 14.3. The summed E-state index contributed by atoms with van der Waals surface area (Å²) < 4.78 is 0. The number of rotatable bonds is 4. The van der Waals surface area contributed by atoms with Gasteiger partial charge in [0, 0.05) is 12.1 Å². The van der Waals surface area contributed by atoms with Crippen LogP contribution in [0, 0.1) is 0 Å². The molecule has 0 spiro atoms. The summed E-state index contributed by atoms with van der Waals surface area (Å²) in [6.07, 6.45) is 0. The molecule has 0 aliphatic carbocycles. The van der Waals surface area contributed by atoms with Crippen molar-refractivity contribution in [3.63, 3.8) is 0 Å². The van der Waals surface area contributed by atoms with E-state index in [2.05, 4.69) is 20.8 Å². The van der Waals surface area contributed by atoms with Gasteiger partial charge in [0.05, 0.1) is 10.3 Å². The second-order valence-corrected chi connectivity index (χ2v) is 5.66. The van der Waals surface area contributed by atoms with Crippen molar-refractivity contribution in [1.82, 2.24) is 15.5 Å². The van der Waals surface area contributed by atoms with Crippen LogP contribution in [0.15, 0.2) is 36.4 Å². The van der Waals surface area contributed by atoms with Crippen molar-refractivity contribution in [2.45, 2.75) is 6.92 Å². The second-order valence-electron chi connectivity index (χ2n) is 4.61. The summed E-state index contributed by atoms with van der Waals surface area (Å²) >= 11 is 1.31. The van der Waals surface area contributed by atoms with Crippen molar-refractivity contribution in [3.05, 3.63) is 46.8 Å². The van der Waals surface area contributed by atoms with Crippen LogP contribution in [0.2, 0.25) is 0 Å². The Morgan fingerprint density at radius 3 is 2.73 bits per heavy atom. The summed E-state index contributed by atoms with van der Waals surface area (Å²) in [6, 6.07) is 10.6. The highest BCUT2D eigenvalue weighted by molar-refractivity contribution is 7.20. The van der Waals surface area contributed by atoms with Crippen LogP contribution < -0.4 is 10.6 Å². The fraction of sp³-hybridized carbons (Fsp3) is 0.133. The highest BCUT2D eigenvalue weighted by Crippen LogP contribution is 2.29. The first-order chi connectivity index (χ1) is 10.7. The van der Waals surface area contributed by atoms with E-state index in [1.54, 1.807) is 30.3 Å². The maximum Gasteiger partial charge on any atom is 0.261 e. The molecule has 0 saturated carbocycles. The van der Waals surface area contributed by atoms with Crippen LogP contribution in [0.3, 0.4) is 0 Å². The van der Waals surface area contributed by atoms with E-state index in [1.807, 2.05) is 13.0 Å². The van der Waals surface area contributed by atoms with Crippen molar-refractivity contribution in [2.75, 3.05) is 11.9 Å².